The van der Waals surface area contributed by atoms with Crippen molar-refractivity contribution in [1.82, 2.24) is 10.7 Å². The number of hydrazone groups is 1. The molecule has 2 rings (SSSR count). The fourth-order valence-electron chi connectivity index (χ4n) is 2.71. The summed E-state index contributed by atoms with van der Waals surface area (Å²) in [5.74, 6) is -2.14. The molecule has 0 atom stereocenters. The summed E-state index contributed by atoms with van der Waals surface area (Å²) in [6.45, 7) is 4.82. The van der Waals surface area contributed by atoms with Gasteiger partial charge in [-0.1, -0.05) is 12.1 Å². The van der Waals surface area contributed by atoms with E-state index < -0.39 is 36.1 Å². The zero-order chi connectivity index (χ0) is 26.0. The molecular weight excluding hydrogens is 469 g/mol. The van der Waals surface area contributed by atoms with Gasteiger partial charge in [0, 0.05) is 6.04 Å². The van der Waals surface area contributed by atoms with Crippen molar-refractivity contribution in [1.29, 1.82) is 0 Å². The lowest BCUT2D eigenvalue weighted by atomic mass is 10.1. The summed E-state index contributed by atoms with van der Waals surface area (Å²) in [6, 6.07) is 8.92. The lowest BCUT2D eigenvalue weighted by Crippen LogP contribution is -2.41. The van der Waals surface area contributed by atoms with Gasteiger partial charge in [-0.25, -0.2) is 5.43 Å². The Morgan fingerprint density at radius 3 is 2.40 bits per heavy atom. The fraction of sp³-hybridized carbons (Fsp3) is 0.304. The van der Waals surface area contributed by atoms with Crippen molar-refractivity contribution in [2.45, 2.75) is 33.0 Å². The van der Waals surface area contributed by atoms with E-state index in [2.05, 4.69) is 21.2 Å². The molecule has 35 heavy (non-hydrogen) atoms. The molecule has 9 nitrogen and oxygen atoms in total. The first-order chi connectivity index (χ1) is 16.5. The molecule has 0 aliphatic carbocycles. The number of benzene rings is 2. The number of carbonyl (C=O) groups excluding carboxylic acids is 3. The first kappa shape index (κ1) is 27.2. The van der Waals surface area contributed by atoms with E-state index in [1.807, 2.05) is 0 Å². The van der Waals surface area contributed by atoms with Crippen LogP contribution in [0, 0.1) is 0 Å². The summed E-state index contributed by atoms with van der Waals surface area (Å²) in [6.07, 6.45) is -3.35. The summed E-state index contributed by atoms with van der Waals surface area (Å²) in [5, 5.41) is 8.33. The first-order valence-electron chi connectivity index (χ1n) is 10.5. The molecule has 0 bridgehead atoms. The van der Waals surface area contributed by atoms with E-state index in [4.69, 9.17) is 9.47 Å². The number of alkyl halides is 3. The van der Waals surface area contributed by atoms with Gasteiger partial charge in [-0.05, 0) is 56.7 Å². The number of hydrogen-bond donors (Lipinski definition) is 3. The zero-order valence-electron chi connectivity index (χ0n) is 19.2. The Morgan fingerprint density at radius 2 is 1.74 bits per heavy atom. The number of rotatable bonds is 9. The normalized spacial score (nSPS) is 11.3. The van der Waals surface area contributed by atoms with Gasteiger partial charge < -0.3 is 20.1 Å². The highest BCUT2D eigenvalue weighted by molar-refractivity contribution is 6.35. The van der Waals surface area contributed by atoms with Crippen molar-refractivity contribution in [3.05, 3.63) is 53.6 Å². The monoisotopic (exact) mass is 494 g/mol. The molecule has 3 amide bonds. The number of para-hydroxylation sites is 1. The van der Waals surface area contributed by atoms with Crippen LogP contribution in [0.5, 0.6) is 11.5 Å². The maximum atomic E-state index is 13.1. The number of nitrogens with zero attached hydrogens (tertiary/aromatic N) is 1. The lowest BCUT2D eigenvalue weighted by molar-refractivity contribution is -0.139. The average Bonchev–Trinajstić information content (AvgIpc) is 2.78. The number of ether oxygens (including phenoxy) is 2. The van der Waals surface area contributed by atoms with Crippen LogP contribution >= 0.6 is 0 Å². The van der Waals surface area contributed by atoms with E-state index in [0.29, 0.717) is 5.56 Å². The zero-order valence-corrected chi connectivity index (χ0v) is 19.2. The third kappa shape index (κ3) is 8.65. The van der Waals surface area contributed by atoms with E-state index in [1.54, 1.807) is 26.8 Å². The van der Waals surface area contributed by atoms with Gasteiger partial charge in [0.25, 0.3) is 5.91 Å². The highest BCUT2D eigenvalue weighted by atomic mass is 19.4. The van der Waals surface area contributed by atoms with Crippen molar-refractivity contribution < 1.29 is 37.0 Å². The summed E-state index contributed by atoms with van der Waals surface area (Å²) in [4.78, 5) is 35.4. The van der Waals surface area contributed by atoms with Crippen molar-refractivity contribution in [3.63, 3.8) is 0 Å². The van der Waals surface area contributed by atoms with Gasteiger partial charge in [0.2, 0.25) is 0 Å². The Bertz CT molecular complexity index is 1090. The summed E-state index contributed by atoms with van der Waals surface area (Å²) in [7, 11) is 0. The van der Waals surface area contributed by atoms with Crippen LogP contribution in [0.15, 0.2) is 47.6 Å². The van der Waals surface area contributed by atoms with Crippen molar-refractivity contribution in [2.75, 3.05) is 18.5 Å². The molecule has 0 fully saturated rings. The van der Waals surface area contributed by atoms with Crippen LogP contribution in [0.4, 0.5) is 18.9 Å². The second kappa shape index (κ2) is 12.4. The molecule has 0 unspecified atom stereocenters. The topological polar surface area (TPSA) is 118 Å². The van der Waals surface area contributed by atoms with Crippen molar-refractivity contribution >= 4 is 29.6 Å². The van der Waals surface area contributed by atoms with Crippen LogP contribution in [-0.4, -0.2) is 43.2 Å². The Kier molecular flexibility index (Phi) is 9.62. The Morgan fingerprint density at radius 1 is 1.03 bits per heavy atom. The third-order valence-electron chi connectivity index (χ3n) is 4.14. The van der Waals surface area contributed by atoms with Gasteiger partial charge >= 0.3 is 18.0 Å². The Hall–Kier alpha value is -4.09. The van der Waals surface area contributed by atoms with E-state index in [9.17, 15) is 27.6 Å². The average molecular weight is 494 g/mol. The molecule has 0 saturated carbocycles. The van der Waals surface area contributed by atoms with E-state index in [0.717, 1.165) is 12.1 Å². The molecule has 0 aliphatic rings. The van der Waals surface area contributed by atoms with Crippen LogP contribution < -0.4 is 25.5 Å². The number of halogens is 3. The Labute approximate surface area is 199 Å². The molecule has 2 aromatic carbocycles. The molecule has 3 N–H and O–H groups in total. The standard InChI is InChI=1S/C23H25F3N4O5/c1-4-34-19-11-15(12-27-30-22(33)21(32)28-14(2)3)9-10-18(19)35-13-20(31)29-17-8-6-5-7-16(17)23(24,25)26/h5-12,14H,4,13H2,1-3H3,(H,28,32)(H,29,31)(H,30,33)/b27-12-. The van der Waals surface area contributed by atoms with Gasteiger partial charge in [-0.3, -0.25) is 14.4 Å². The molecule has 0 aromatic heterocycles. The highest BCUT2D eigenvalue weighted by Crippen LogP contribution is 2.34. The van der Waals surface area contributed by atoms with E-state index in [1.165, 1.54) is 30.5 Å². The summed E-state index contributed by atoms with van der Waals surface area (Å²) in [5.41, 5.74) is 1.22. The molecule has 0 saturated heterocycles. The molecular formula is C23H25F3N4O5. The predicted octanol–water partition coefficient (Wildman–Crippen LogP) is 3.10. The summed E-state index contributed by atoms with van der Waals surface area (Å²) < 4.78 is 50.2. The number of hydrogen-bond acceptors (Lipinski definition) is 6. The second-order valence-corrected chi connectivity index (χ2v) is 7.35. The third-order valence-corrected chi connectivity index (χ3v) is 4.14. The van der Waals surface area contributed by atoms with Gasteiger partial charge in [-0.15, -0.1) is 0 Å². The minimum Gasteiger partial charge on any atom is -0.490 e. The van der Waals surface area contributed by atoms with Crippen LogP contribution in [-0.2, 0) is 20.6 Å². The van der Waals surface area contributed by atoms with E-state index in [-0.39, 0.29) is 29.8 Å². The van der Waals surface area contributed by atoms with Crippen molar-refractivity contribution in [2.24, 2.45) is 5.10 Å². The van der Waals surface area contributed by atoms with Crippen LogP contribution in [0.1, 0.15) is 31.9 Å². The van der Waals surface area contributed by atoms with Gasteiger partial charge in [-0.2, -0.15) is 18.3 Å². The SMILES string of the molecule is CCOc1cc(/C=N\NC(=O)C(=O)NC(C)C)ccc1OCC(=O)Nc1ccccc1C(F)(F)F. The minimum atomic E-state index is -4.62. The van der Waals surface area contributed by atoms with Gasteiger partial charge in [0.15, 0.2) is 18.1 Å². The van der Waals surface area contributed by atoms with Crippen LogP contribution in [0.3, 0.4) is 0 Å². The molecule has 0 heterocycles. The molecule has 2 aromatic rings. The van der Waals surface area contributed by atoms with Crippen LogP contribution in [0.2, 0.25) is 0 Å². The lowest BCUT2D eigenvalue weighted by Gasteiger charge is -2.15. The molecule has 0 aliphatic heterocycles. The number of carbonyl (C=O) groups is 3. The number of anilines is 1. The maximum Gasteiger partial charge on any atom is 0.418 e. The Balaban J connectivity index is 2.02. The minimum absolute atomic E-state index is 0.170. The highest BCUT2D eigenvalue weighted by Gasteiger charge is 2.33. The second-order valence-electron chi connectivity index (χ2n) is 7.35. The predicted molar refractivity (Wildman–Crippen MR) is 122 cm³/mol. The number of amides is 3. The van der Waals surface area contributed by atoms with Gasteiger partial charge in [0.1, 0.15) is 0 Å². The first-order valence-corrected chi connectivity index (χ1v) is 10.5. The molecule has 0 radical (unpaired) electrons. The largest absolute Gasteiger partial charge is 0.490 e. The van der Waals surface area contributed by atoms with Crippen molar-refractivity contribution in [3.8, 4) is 11.5 Å². The number of nitrogens with one attached hydrogen (secondary N) is 3. The molecule has 0 spiro atoms. The van der Waals surface area contributed by atoms with E-state index >= 15 is 0 Å². The maximum absolute atomic E-state index is 13.1. The fourth-order valence-corrected chi connectivity index (χ4v) is 2.71. The quantitative estimate of drug-likeness (QED) is 0.281. The van der Waals surface area contributed by atoms with Crippen LogP contribution in [0.25, 0.3) is 0 Å². The van der Waals surface area contributed by atoms with Gasteiger partial charge in [0.05, 0.1) is 24.1 Å². The smallest absolute Gasteiger partial charge is 0.418 e. The molecule has 12 heteroatoms. The molecule has 188 valence electrons. The summed E-state index contributed by atoms with van der Waals surface area (Å²) >= 11 is 0.